The molecule has 2 aromatic rings. The molecule has 180 valence electrons. The molecule has 1 spiro atoms. The molecular weight excluding hydrogens is 444 g/mol. The van der Waals surface area contributed by atoms with Crippen molar-refractivity contribution in [1.29, 1.82) is 10.5 Å². The van der Waals surface area contributed by atoms with Crippen LogP contribution in [-0.2, 0) is 9.59 Å². The SMILES string of the molecule is Cc1cc(OC#N)cc(N2C(=O)C(C)C(C)C23C(C)C(C)C(=O)N3c2cc(C)cc(OC#N)c2)c1. The molecule has 0 bridgehead atoms. The molecule has 2 aliphatic heterocycles. The highest BCUT2D eigenvalue weighted by Crippen LogP contribution is 2.56. The van der Waals surface area contributed by atoms with E-state index < -0.39 is 5.66 Å². The van der Waals surface area contributed by atoms with Crippen LogP contribution in [0.2, 0.25) is 0 Å². The van der Waals surface area contributed by atoms with Crippen molar-refractivity contribution in [1.82, 2.24) is 0 Å². The third-order valence-electron chi connectivity index (χ3n) is 7.69. The Hall–Kier alpha value is -4.04. The van der Waals surface area contributed by atoms with Crippen LogP contribution in [0, 0.1) is 60.6 Å². The molecule has 2 aliphatic rings. The average Bonchev–Trinajstić information content (AvgIpc) is 3.11. The van der Waals surface area contributed by atoms with Gasteiger partial charge < -0.3 is 9.47 Å². The molecule has 0 N–H and O–H groups in total. The Balaban J connectivity index is 2.01. The zero-order valence-corrected chi connectivity index (χ0v) is 20.7. The second-order valence-electron chi connectivity index (χ2n) is 9.68. The summed E-state index contributed by atoms with van der Waals surface area (Å²) in [6, 6.07) is 10.5. The van der Waals surface area contributed by atoms with Gasteiger partial charge in [-0.15, -0.1) is 10.5 Å². The van der Waals surface area contributed by atoms with E-state index in [4.69, 9.17) is 20.0 Å². The highest BCUT2D eigenvalue weighted by Gasteiger charge is 2.68. The van der Waals surface area contributed by atoms with Crippen LogP contribution in [0.25, 0.3) is 0 Å². The van der Waals surface area contributed by atoms with E-state index in [1.54, 1.807) is 46.6 Å². The molecule has 0 saturated carbocycles. The molecule has 35 heavy (non-hydrogen) atoms. The average molecular weight is 473 g/mol. The molecule has 2 fully saturated rings. The summed E-state index contributed by atoms with van der Waals surface area (Å²) in [6.45, 7) is 11.5. The molecule has 2 aromatic carbocycles. The van der Waals surface area contributed by atoms with E-state index in [-0.39, 0.29) is 35.5 Å². The van der Waals surface area contributed by atoms with Crippen LogP contribution in [0.5, 0.6) is 11.5 Å². The fraction of sp³-hybridized carbons (Fsp3) is 0.407. The third-order valence-corrected chi connectivity index (χ3v) is 7.69. The smallest absolute Gasteiger partial charge is 0.292 e. The Bertz CT molecular complexity index is 1190. The number of carbonyl (C=O) groups excluding carboxylic acids is 2. The summed E-state index contributed by atoms with van der Waals surface area (Å²) < 4.78 is 10.2. The molecule has 0 radical (unpaired) electrons. The van der Waals surface area contributed by atoms with E-state index in [0.717, 1.165) is 11.1 Å². The molecule has 2 amide bonds. The number of hydrogen-bond donors (Lipinski definition) is 0. The van der Waals surface area contributed by atoms with Crippen LogP contribution >= 0.6 is 0 Å². The van der Waals surface area contributed by atoms with Gasteiger partial charge in [-0.05, 0) is 49.2 Å². The molecule has 0 aliphatic carbocycles. The Labute approximate surface area is 205 Å². The molecule has 8 heteroatoms. The summed E-state index contributed by atoms with van der Waals surface area (Å²) in [5.74, 6) is -0.723. The van der Waals surface area contributed by atoms with Crippen molar-refractivity contribution in [3.63, 3.8) is 0 Å². The number of amides is 2. The summed E-state index contributed by atoms with van der Waals surface area (Å²) in [5.41, 5.74) is 1.76. The number of nitrogens with zero attached hydrogens (tertiary/aromatic N) is 4. The van der Waals surface area contributed by atoms with Gasteiger partial charge in [0.25, 0.3) is 12.5 Å². The minimum atomic E-state index is -1.01. The van der Waals surface area contributed by atoms with Crippen molar-refractivity contribution in [3.8, 4) is 24.0 Å². The third kappa shape index (κ3) is 3.49. The van der Waals surface area contributed by atoms with Gasteiger partial charge in [0.1, 0.15) is 17.2 Å². The summed E-state index contributed by atoms with van der Waals surface area (Å²) in [5, 5.41) is 18.1. The Morgan fingerprint density at radius 1 is 0.714 bits per heavy atom. The van der Waals surface area contributed by atoms with Crippen LogP contribution in [0.3, 0.4) is 0 Å². The van der Waals surface area contributed by atoms with Crippen molar-refractivity contribution >= 4 is 23.2 Å². The van der Waals surface area contributed by atoms with Crippen LogP contribution in [0.1, 0.15) is 38.8 Å². The maximum atomic E-state index is 13.8. The lowest BCUT2D eigenvalue weighted by Gasteiger charge is -2.48. The predicted molar refractivity (Wildman–Crippen MR) is 129 cm³/mol. The fourth-order valence-electron chi connectivity index (χ4n) is 5.86. The first-order valence-electron chi connectivity index (χ1n) is 11.6. The van der Waals surface area contributed by atoms with Gasteiger partial charge in [0.2, 0.25) is 11.8 Å². The van der Waals surface area contributed by atoms with Gasteiger partial charge in [-0.2, -0.15) is 0 Å². The van der Waals surface area contributed by atoms with Gasteiger partial charge in [0, 0.05) is 35.8 Å². The number of benzene rings is 2. The van der Waals surface area contributed by atoms with E-state index in [2.05, 4.69) is 0 Å². The van der Waals surface area contributed by atoms with Gasteiger partial charge >= 0.3 is 0 Å². The number of anilines is 2. The second kappa shape index (κ2) is 8.63. The van der Waals surface area contributed by atoms with Crippen LogP contribution in [0.15, 0.2) is 36.4 Å². The van der Waals surface area contributed by atoms with Crippen LogP contribution in [-0.4, -0.2) is 17.5 Å². The van der Waals surface area contributed by atoms with E-state index in [9.17, 15) is 9.59 Å². The summed E-state index contributed by atoms with van der Waals surface area (Å²) >= 11 is 0. The first-order valence-corrected chi connectivity index (χ1v) is 11.6. The maximum Gasteiger partial charge on any atom is 0.292 e. The predicted octanol–water partition coefficient (Wildman–Crippen LogP) is 4.66. The van der Waals surface area contributed by atoms with Crippen LogP contribution < -0.4 is 19.3 Å². The highest BCUT2D eigenvalue weighted by molar-refractivity contribution is 6.08. The molecule has 4 unspecified atom stereocenters. The molecular formula is C27H28N4O4. The number of rotatable bonds is 4. The molecule has 8 nitrogen and oxygen atoms in total. The number of nitriles is 2. The minimum Gasteiger partial charge on any atom is -0.388 e. The largest absolute Gasteiger partial charge is 0.388 e. The Morgan fingerprint density at radius 3 is 1.43 bits per heavy atom. The van der Waals surface area contributed by atoms with E-state index >= 15 is 0 Å². The quantitative estimate of drug-likeness (QED) is 0.599. The lowest BCUT2D eigenvalue weighted by molar-refractivity contribution is -0.121. The van der Waals surface area contributed by atoms with Gasteiger partial charge in [0.15, 0.2) is 0 Å². The van der Waals surface area contributed by atoms with Crippen molar-refractivity contribution in [3.05, 3.63) is 47.5 Å². The number of ether oxygens (including phenoxy) is 2. The zero-order valence-electron chi connectivity index (χ0n) is 20.7. The van der Waals surface area contributed by atoms with Crippen molar-refractivity contribution < 1.29 is 19.1 Å². The van der Waals surface area contributed by atoms with E-state index in [1.807, 2.05) is 53.7 Å². The van der Waals surface area contributed by atoms with Crippen molar-refractivity contribution in [2.75, 3.05) is 9.80 Å². The van der Waals surface area contributed by atoms with Gasteiger partial charge in [0.05, 0.1) is 11.4 Å². The Kier molecular flexibility index (Phi) is 5.94. The monoisotopic (exact) mass is 472 g/mol. The highest BCUT2D eigenvalue weighted by atomic mass is 16.5. The molecule has 4 atom stereocenters. The minimum absolute atomic E-state index is 0.106. The normalized spacial score (nSPS) is 27.8. The first-order chi connectivity index (χ1) is 16.6. The van der Waals surface area contributed by atoms with Gasteiger partial charge in [-0.3, -0.25) is 19.4 Å². The zero-order chi connectivity index (χ0) is 25.7. The van der Waals surface area contributed by atoms with Crippen molar-refractivity contribution in [2.24, 2.45) is 23.7 Å². The number of carbonyl (C=O) groups is 2. The second-order valence-corrected chi connectivity index (χ2v) is 9.68. The molecule has 0 aromatic heterocycles. The fourth-order valence-corrected chi connectivity index (χ4v) is 5.86. The number of hydrogen-bond acceptors (Lipinski definition) is 6. The van der Waals surface area contributed by atoms with Gasteiger partial charge in [-0.25, -0.2) is 0 Å². The van der Waals surface area contributed by atoms with E-state index in [0.29, 0.717) is 22.9 Å². The summed E-state index contributed by atoms with van der Waals surface area (Å²) in [6.07, 6.45) is 3.39. The molecule has 2 heterocycles. The molecule has 4 rings (SSSR count). The Morgan fingerprint density at radius 2 is 1.09 bits per heavy atom. The topological polar surface area (TPSA) is 107 Å². The van der Waals surface area contributed by atoms with Gasteiger partial charge in [-0.1, -0.05) is 27.7 Å². The summed E-state index contributed by atoms with van der Waals surface area (Å²) in [7, 11) is 0. The maximum absolute atomic E-state index is 13.8. The summed E-state index contributed by atoms with van der Waals surface area (Å²) in [4.78, 5) is 31.1. The molecule has 2 saturated heterocycles. The van der Waals surface area contributed by atoms with Crippen molar-refractivity contribution in [2.45, 2.75) is 47.2 Å². The lowest BCUT2D eigenvalue weighted by Crippen LogP contribution is -2.62. The lowest BCUT2D eigenvalue weighted by atomic mass is 9.77. The van der Waals surface area contributed by atoms with E-state index in [1.165, 1.54) is 0 Å². The standard InChI is InChI=1S/C27H28N4O4/c1-15-7-21(11-23(9-15)34-13-28)30-25(32)17(3)19(5)27(30)20(6)18(4)26(33)31(27)22-8-16(2)10-24(12-22)35-14-29/h7-12,17-20H,1-6H3. The first kappa shape index (κ1) is 24.1. The van der Waals surface area contributed by atoms with Crippen LogP contribution in [0.4, 0.5) is 11.4 Å². The number of aryl methyl sites for hydroxylation is 2.